The monoisotopic (exact) mass is 142 g/mol. The highest BCUT2D eigenvalue weighted by atomic mass is 32.1. The lowest BCUT2D eigenvalue weighted by atomic mass is 10.2. The maximum absolute atomic E-state index is 9.23. The molecule has 0 saturated heterocycles. The zero-order valence-electron chi connectivity index (χ0n) is 5.37. The number of thiophene rings is 1. The maximum Gasteiger partial charge on any atom is 0.0879 e. The standard InChI is InChI=1S/C7H10OS/c1-2-6(8)7-4-3-5-9-7/h3-6,8H,2H2,1H3. The summed E-state index contributed by atoms with van der Waals surface area (Å²) >= 11 is 1.61. The van der Waals surface area contributed by atoms with E-state index in [9.17, 15) is 5.11 Å². The van der Waals surface area contributed by atoms with Crippen molar-refractivity contribution in [2.45, 2.75) is 19.4 Å². The van der Waals surface area contributed by atoms with Gasteiger partial charge in [-0.1, -0.05) is 13.0 Å². The molecule has 0 radical (unpaired) electrons. The maximum atomic E-state index is 9.23. The van der Waals surface area contributed by atoms with Crippen molar-refractivity contribution < 1.29 is 5.11 Å². The topological polar surface area (TPSA) is 20.2 Å². The second-order valence-corrected chi connectivity index (χ2v) is 2.92. The molecule has 2 heteroatoms. The normalized spacial score (nSPS) is 13.6. The van der Waals surface area contributed by atoms with Gasteiger partial charge in [0.2, 0.25) is 0 Å². The first kappa shape index (κ1) is 6.78. The van der Waals surface area contributed by atoms with Crippen LogP contribution in [0.3, 0.4) is 0 Å². The highest BCUT2D eigenvalue weighted by Gasteiger charge is 2.02. The number of hydrogen-bond acceptors (Lipinski definition) is 2. The Morgan fingerprint density at radius 3 is 3.00 bits per heavy atom. The smallest absolute Gasteiger partial charge is 0.0879 e. The highest BCUT2D eigenvalue weighted by Crippen LogP contribution is 2.20. The minimum atomic E-state index is -0.245. The van der Waals surface area contributed by atoms with Crippen molar-refractivity contribution in [2.24, 2.45) is 0 Å². The molecule has 1 aromatic heterocycles. The van der Waals surface area contributed by atoms with Gasteiger partial charge in [-0.05, 0) is 17.9 Å². The van der Waals surface area contributed by atoms with Gasteiger partial charge in [-0.15, -0.1) is 11.3 Å². The second-order valence-electron chi connectivity index (χ2n) is 1.94. The van der Waals surface area contributed by atoms with E-state index < -0.39 is 0 Å². The van der Waals surface area contributed by atoms with Crippen molar-refractivity contribution >= 4 is 11.3 Å². The molecule has 50 valence electrons. The summed E-state index contributed by atoms with van der Waals surface area (Å²) in [6.07, 6.45) is 0.561. The fourth-order valence-corrected chi connectivity index (χ4v) is 1.48. The Hall–Kier alpha value is -0.340. The fourth-order valence-electron chi connectivity index (χ4n) is 0.682. The van der Waals surface area contributed by atoms with Crippen LogP contribution in [0.4, 0.5) is 0 Å². The zero-order valence-corrected chi connectivity index (χ0v) is 6.19. The van der Waals surface area contributed by atoms with Gasteiger partial charge in [0.15, 0.2) is 0 Å². The third-order valence-corrected chi connectivity index (χ3v) is 2.23. The van der Waals surface area contributed by atoms with Crippen LogP contribution in [-0.4, -0.2) is 5.11 Å². The van der Waals surface area contributed by atoms with Gasteiger partial charge in [-0.3, -0.25) is 0 Å². The third-order valence-electron chi connectivity index (χ3n) is 1.26. The van der Waals surface area contributed by atoms with Crippen LogP contribution in [0.5, 0.6) is 0 Å². The largest absolute Gasteiger partial charge is 0.388 e. The molecule has 0 aliphatic rings. The number of aliphatic hydroxyl groups excluding tert-OH is 1. The molecule has 0 aliphatic carbocycles. The van der Waals surface area contributed by atoms with Gasteiger partial charge < -0.3 is 5.11 Å². The van der Waals surface area contributed by atoms with E-state index in [1.54, 1.807) is 11.3 Å². The number of hydrogen-bond donors (Lipinski definition) is 1. The highest BCUT2D eigenvalue weighted by molar-refractivity contribution is 7.10. The molecule has 1 unspecified atom stereocenters. The summed E-state index contributed by atoms with van der Waals surface area (Å²) in [5, 5.41) is 11.2. The first-order valence-electron chi connectivity index (χ1n) is 3.06. The zero-order chi connectivity index (χ0) is 6.69. The van der Waals surface area contributed by atoms with Gasteiger partial charge in [0.05, 0.1) is 6.10 Å². The van der Waals surface area contributed by atoms with E-state index in [4.69, 9.17) is 0 Å². The molecule has 1 rings (SSSR count). The van der Waals surface area contributed by atoms with Crippen LogP contribution in [0.1, 0.15) is 24.3 Å². The molecular formula is C7H10OS. The first-order chi connectivity index (χ1) is 4.34. The molecule has 0 saturated carbocycles. The molecule has 9 heavy (non-hydrogen) atoms. The molecule has 0 aliphatic heterocycles. The van der Waals surface area contributed by atoms with Crippen molar-refractivity contribution in [2.75, 3.05) is 0 Å². The third kappa shape index (κ3) is 1.53. The average Bonchev–Trinajstić information content (AvgIpc) is 2.37. The Labute approximate surface area is 59.0 Å². The van der Waals surface area contributed by atoms with Crippen LogP contribution < -0.4 is 0 Å². The van der Waals surface area contributed by atoms with E-state index in [1.165, 1.54) is 0 Å². The van der Waals surface area contributed by atoms with E-state index in [1.807, 2.05) is 24.4 Å². The molecule has 1 atom stereocenters. The molecule has 1 heterocycles. The van der Waals surface area contributed by atoms with Crippen LogP contribution in [0.25, 0.3) is 0 Å². The van der Waals surface area contributed by atoms with Gasteiger partial charge in [-0.25, -0.2) is 0 Å². The Morgan fingerprint density at radius 2 is 2.56 bits per heavy atom. The quantitative estimate of drug-likeness (QED) is 0.671. The Kier molecular flexibility index (Phi) is 2.25. The van der Waals surface area contributed by atoms with E-state index in [2.05, 4.69) is 0 Å². The molecule has 1 nitrogen and oxygen atoms in total. The summed E-state index contributed by atoms with van der Waals surface area (Å²) in [7, 11) is 0. The van der Waals surface area contributed by atoms with Crippen molar-refractivity contribution in [3.8, 4) is 0 Å². The minimum Gasteiger partial charge on any atom is -0.388 e. The van der Waals surface area contributed by atoms with Crippen LogP contribution in [0, 0.1) is 0 Å². The predicted octanol–water partition coefficient (Wildman–Crippen LogP) is 2.19. The lowest BCUT2D eigenvalue weighted by molar-refractivity contribution is 0.177. The van der Waals surface area contributed by atoms with Crippen molar-refractivity contribution in [1.29, 1.82) is 0 Å². The summed E-state index contributed by atoms with van der Waals surface area (Å²) < 4.78 is 0. The molecule has 0 fully saturated rings. The van der Waals surface area contributed by atoms with Crippen molar-refractivity contribution in [3.63, 3.8) is 0 Å². The summed E-state index contributed by atoms with van der Waals surface area (Å²) in [6, 6.07) is 3.91. The van der Waals surface area contributed by atoms with Crippen LogP contribution in [0.15, 0.2) is 17.5 Å². The molecule has 0 bridgehead atoms. The van der Waals surface area contributed by atoms with Gasteiger partial charge >= 0.3 is 0 Å². The van der Waals surface area contributed by atoms with Gasteiger partial charge in [0, 0.05) is 4.88 Å². The Bertz CT molecular complexity index is 157. The van der Waals surface area contributed by atoms with Crippen molar-refractivity contribution in [1.82, 2.24) is 0 Å². The average molecular weight is 142 g/mol. The van der Waals surface area contributed by atoms with E-state index in [0.717, 1.165) is 11.3 Å². The minimum absolute atomic E-state index is 0.245. The summed E-state index contributed by atoms with van der Waals surface area (Å²) in [6.45, 7) is 1.98. The first-order valence-corrected chi connectivity index (χ1v) is 3.94. The molecule has 0 aromatic carbocycles. The second kappa shape index (κ2) is 2.99. The number of rotatable bonds is 2. The summed E-state index contributed by atoms with van der Waals surface area (Å²) in [4.78, 5) is 1.07. The van der Waals surface area contributed by atoms with Crippen LogP contribution in [0.2, 0.25) is 0 Å². The molecule has 1 aromatic rings. The van der Waals surface area contributed by atoms with Crippen molar-refractivity contribution in [3.05, 3.63) is 22.4 Å². The lowest BCUT2D eigenvalue weighted by Crippen LogP contribution is -1.89. The van der Waals surface area contributed by atoms with Gasteiger partial charge in [0.1, 0.15) is 0 Å². The van der Waals surface area contributed by atoms with E-state index >= 15 is 0 Å². The van der Waals surface area contributed by atoms with Crippen LogP contribution >= 0.6 is 11.3 Å². The van der Waals surface area contributed by atoms with Crippen LogP contribution in [-0.2, 0) is 0 Å². The SMILES string of the molecule is CCC(O)c1cccs1. The number of aliphatic hydroxyl groups is 1. The predicted molar refractivity (Wildman–Crippen MR) is 39.6 cm³/mol. The molecule has 0 amide bonds. The fraction of sp³-hybridized carbons (Fsp3) is 0.429. The molecular weight excluding hydrogens is 132 g/mol. The summed E-state index contributed by atoms with van der Waals surface area (Å²) in [5.74, 6) is 0. The molecule has 1 N–H and O–H groups in total. The lowest BCUT2D eigenvalue weighted by Gasteiger charge is -2.01. The van der Waals surface area contributed by atoms with Gasteiger partial charge in [-0.2, -0.15) is 0 Å². The molecule has 0 spiro atoms. The van der Waals surface area contributed by atoms with E-state index in [-0.39, 0.29) is 6.10 Å². The Balaban J connectivity index is 2.65. The Morgan fingerprint density at radius 1 is 1.78 bits per heavy atom. The summed E-state index contributed by atoms with van der Waals surface area (Å²) in [5.41, 5.74) is 0. The van der Waals surface area contributed by atoms with E-state index in [0.29, 0.717) is 0 Å². The van der Waals surface area contributed by atoms with Gasteiger partial charge in [0.25, 0.3) is 0 Å².